The van der Waals surface area contributed by atoms with Gasteiger partial charge in [-0.2, -0.15) is 0 Å². The highest BCUT2D eigenvalue weighted by Gasteiger charge is 2.14. The number of nitrogens with one attached hydrogen (secondary N) is 2. The van der Waals surface area contributed by atoms with Gasteiger partial charge in [0.15, 0.2) is 0 Å². The van der Waals surface area contributed by atoms with Crippen LogP contribution in [0.1, 0.15) is 25.7 Å². The fourth-order valence-corrected chi connectivity index (χ4v) is 3.60. The molecule has 1 saturated heterocycles. The number of hydrogen-bond acceptors (Lipinski definition) is 3. The molecule has 0 aliphatic carbocycles. The number of amides is 1. The minimum absolute atomic E-state index is 0. The van der Waals surface area contributed by atoms with Crippen molar-refractivity contribution in [2.24, 2.45) is 5.92 Å². The molecule has 2 heterocycles. The molecule has 1 aliphatic rings. The molecule has 1 fully saturated rings. The van der Waals surface area contributed by atoms with Crippen LogP contribution in [0, 0.1) is 5.92 Å². The SMILES string of the molecule is Cl.Cl.O=C(CCC1CCNCC1)Nc1ccc(-n2cnc3ccccc32)cc1. The number of carbonyl (C=O) groups excluding carboxylic acids is 1. The first-order valence-corrected chi connectivity index (χ1v) is 9.33. The molecule has 1 aromatic heterocycles. The lowest BCUT2D eigenvalue weighted by molar-refractivity contribution is -0.116. The highest BCUT2D eigenvalue weighted by molar-refractivity contribution is 5.90. The summed E-state index contributed by atoms with van der Waals surface area (Å²) in [6, 6.07) is 16.0. The number of piperidine rings is 1. The molecule has 2 N–H and O–H groups in total. The first kappa shape index (κ1) is 22.2. The summed E-state index contributed by atoms with van der Waals surface area (Å²) in [5, 5.41) is 6.37. The van der Waals surface area contributed by atoms with Crippen molar-refractivity contribution in [2.75, 3.05) is 18.4 Å². The first-order valence-electron chi connectivity index (χ1n) is 9.33. The Labute approximate surface area is 177 Å². The van der Waals surface area contributed by atoms with Crippen molar-refractivity contribution in [3.8, 4) is 5.69 Å². The van der Waals surface area contributed by atoms with Crippen LogP contribution in [0.3, 0.4) is 0 Å². The van der Waals surface area contributed by atoms with Gasteiger partial charge in [0, 0.05) is 17.8 Å². The molecule has 0 radical (unpaired) electrons. The van der Waals surface area contributed by atoms with Gasteiger partial charge < -0.3 is 10.6 Å². The van der Waals surface area contributed by atoms with E-state index >= 15 is 0 Å². The van der Waals surface area contributed by atoms with E-state index in [0.29, 0.717) is 12.3 Å². The van der Waals surface area contributed by atoms with E-state index in [0.717, 1.165) is 41.9 Å². The van der Waals surface area contributed by atoms with Crippen molar-refractivity contribution < 1.29 is 4.79 Å². The number of fused-ring (bicyclic) bond motifs is 1. The van der Waals surface area contributed by atoms with Gasteiger partial charge in [-0.1, -0.05) is 12.1 Å². The Kier molecular flexibility index (Phi) is 8.30. The molecule has 4 rings (SSSR count). The Morgan fingerprint density at radius 1 is 1.07 bits per heavy atom. The fourth-order valence-electron chi connectivity index (χ4n) is 3.60. The lowest BCUT2D eigenvalue weighted by Gasteiger charge is -2.22. The summed E-state index contributed by atoms with van der Waals surface area (Å²) >= 11 is 0. The minimum atomic E-state index is 0. The van der Waals surface area contributed by atoms with Gasteiger partial charge in [-0.15, -0.1) is 24.8 Å². The number of rotatable bonds is 5. The number of benzene rings is 2. The third-order valence-corrected chi connectivity index (χ3v) is 5.12. The molecule has 0 bridgehead atoms. The molecule has 2 aromatic carbocycles. The summed E-state index contributed by atoms with van der Waals surface area (Å²) in [6.45, 7) is 2.16. The van der Waals surface area contributed by atoms with Gasteiger partial charge >= 0.3 is 0 Å². The number of nitrogens with zero attached hydrogens (tertiary/aromatic N) is 2. The first-order chi connectivity index (χ1) is 12.8. The number of carbonyl (C=O) groups is 1. The normalized spacial score (nSPS) is 14.1. The molecule has 1 aliphatic heterocycles. The third-order valence-electron chi connectivity index (χ3n) is 5.12. The maximum Gasteiger partial charge on any atom is 0.224 e. The zero-order chi connectivity index (χ0) is 17.8. The second-order valence-corrected chi connectivity index (χ2v) is 6.93. The summed E-state index contributed by atoms with van der Waals surface area (Å²) in [5.41, 5.74) is 3.92. The largest absolute Gasteiger partial charge is 0.326 e. The monoisotopic (exact) mass is 420 g/mol. The molecular formula is C21H26Cl2N4O. The summed E-state index contributed by atoms with van der Waals surface area (Å²) in [7, 11) is 0. The van der Waals surface area contributed by atoms with Crippen molar-refractivity contribution in [1.82, 2.24) is 14.9 Å². The molecule has 150 valence electrons. The zero-order valence-corrected chi connectivity index (χ0v) is 17.3. The maximum atomic E-state index is 12.2. The maximum absolute atomic E-state index is 12.2. The average molecular weight is 421 g/mol. The Morgan fingerprint density at radius 2 is 1.79 bits per heavy atom. The Balaban J connectivity index is 0.00000140. The van der Waals surface area contributed by atoms with Crippen LogP contribution < -0.4 is 10.6 Å². The number of para-hydroxylation sites is 2. The van der Waals surface area contributed by atoms with E-state index in [1.54, 1.807) is 0 Å². The predicted molar refractivity (Wildman–Crippen MR) is 119 cm³/mol. The number of anilines is 1. The number of halogens is 2. The van der Waals surface area contributed by atoms with Crippen LogP contribution in [0.25, 0.3) is 16.7 Å². The van der Waals surface area contributed by atoms with Crippen LogP contribution in [0.5, 0.6) is 0 Å². The van der Waals surface area contributed by atoms with Gasteiger partial charge in [-0.25, -0.2) is 4.98 Å². The quantitative estimate of drug-likeness (QED) is 0.634. The van der Waals surface area contributed by atoms with E-state index in [4.69, 9.17) is 0 Å². The summed E-state index contributed by atoms with van der Waals surface area (Å²) in [4.78, 5) is 16.6. The lowest BCUT2D eigenvalue weighted by Crippen LogP contribution is -2.28. The summed E-state index contributed by atoms with van der Waals surface area (Å²) < 4.78 is 2.05. The number of aromatic nitrogens is 2. The van der Waals surface area contributed by atoms with Crippen LogP contribution in [0.4, 0.5) is 5.69 Å². The van der Waals surface area contributed by atoms with Crippen LogP contribution in [-0.4, -0.2) is 28.5 Å². The van der Waals surface area contributed by atoms with Gasteiger partial charge in [-0.3, -0.25) is 9.36 Å². The molecule has 0 saturated carbocycles. The van der Waals surface area contributed by atoms with E-state index in [1.807, 2.05) is 48.8 Å². The molecule has 7 heteroatoms. The van der Waals surface area contributed by atoms with Crippen molar-refractivity contribution in [1.29, 1.82) is 0 Å². The predicted octanol–water partition coefficient (Wildman–Crippen LogP) is 4.59. The topological polar surface area (TPSA) is 59.0 Å². The number of imidazole rings is 1. The third kappa shape index (κ3) is 5.25. The van der Waals surface area contributed by atoms with Crippen molar-refractivity contribution in [3.05, 3.63) is 54.9 Å². The van der Waals surface area contributed by atoms with E-state index in [2.05, 4.69) is 26.3 Å². The standard InChI is InChI=1S/C21H24N4O.2ClH/c26-21(10-5-16-11-13-22-14-12-16)24-17-6-8-18(9-7-17)25-15-23-19-3-1-2-4-20(19)25;;/h1-4,6-9,15-16,22H,5,10-14H2,(H,24,26);2*1H. The van der Waals surface area contributed by atoms with E-state index in [9.17, 15) is 4.79 Å². The second kappa shape index (κ2) is 10.5. The van der Waals surface area contributed by atoms with Gasteiger partial charge in [0.2, 0.25) is 5.91 Å². The summed E-state index contributed by atoms with van der Waals surface area (Å²) in [6.07, 6.45) is 5.77. The number of hydrogen-bond donors (Lipinski definition) is 2. The van der Waals surface area contributed by atoms with Gasteiger partial charge in [-0.05, 0) is 74.7 Å². The smallest absolute Gasteiger partial charge is 0.224 e. The fraction of sp³-hybridized carbons (Fsp3) is 0.333. The zero-order valence-electron chi connectivity index (χ0n) is 15.6. The minimum Gasteiger partial charge on any atom is -0.326 e. The molecule has 28 heavy (non-hydrogen) atoms. The van der Waals surface area contributed by atoms with Crippen LogP contribution in [0.15, 0.2) is 54.9 Å². The van der Waals surface area contributed by atoms with Crippen molar-refractivity contribution in [3.63, 3.8) is 0 Å². The second-order valence-electron chi connectivity index (χ2n) is 6.93. The Bertz CT molecular complexity index is 889. The highest BCUT2D eigenvalue weighted by atomic mass is 35.5. The Morgan fingerprint density at radius 3 is 2.54 bits per heavy atom. The Hall–Kier alpha value is -2.08. The summed E-state index contributed by atoms with van der Waals surface area (Å²) in [5.74, 6) is 0.781. The highest BCUT2D eigenvalue weighted by Crippen LogP contribution is 2.21. The molecular weight excluding hydrogens is 395 g/mol. The molecule has 0 unspecified atom stereocenters. The van der Waals surface area contributed by atoms with Crippen molar-refractivity contribution in [2.45, 2.75) is 25.7 Å². The van der Waals surface area contributed by atoms with Crippen LogP contribution in [-0.2, 0) is 4.79 Å². The van der Waals surface area contributed by atoms with E-state index in [1.165, 1.54) is 12.8 Å². The van der Waals surface area contributed by atoms with E-state index < -0.39 is 0 Å². The molecule has 0 spiro atoms. The van der Waals surface area contributed by atoms with Crippen LogP contribution in [0.2, 0.25) is 0 Å². The van der Waals surface area contributed by atoms with Gasteiger partial charge in [0.1, 0.15) is 6.33 Å². The molecule has 3 aromatic rings. The van der Waals surface area contributed by atoms with E-state index in [-0.39, 0.29) is 30.7 Å². The molecule has 0 atom stereocenters. The molecule has 1 amide bonds. The van der Waals surface area contributed by atoms with Crippen molar-refractivity contribution >= 4 is 47.4 Å². The van der Waals surface area contributed by atoms with Gasteiger partial charge in [0.05, 0.1) is 11.0 Å². The van der Waals surface area contributed by atoms with Gasteiger partial charge in [0.25, 0.3) is 0 Å². The lowest BCUT2D eigenvalue weighted by atomic mass is 9.93. The van der Waals surface area contributed by atoms with Crippen LogP contribution >= 0.6 is 24.8 Å². The molecule has 5 nitrogen and oxygen atoms in total. The average Bonchev–Trinajstić information content (AvgIpc) is 3.12.